The van der Waals surface area contributed by atoms with Crippen molar-refractivity contribution in [3.8, 4) is 17.2 Å². The zero-order valence-electron chi connectivity index (χ0n) is 13.0. The summed E-state index contributed by atoms with van der Waals surface area (Å²) in [6.45, 7) is 3.95. The fourth-order valence-corrected chi connectivity index (χ4v) is 1.64. The van der Waals surface area contributed by atoms with Crippen molar-refractivity contribution in [2.45, 2.75) is 25.8 Å². The third-order valence-electron chi connectivity index (χ3n) is 2.96. The molecule has 2 N–H and O–H groups in total. The molecule has 0 radical (unpaired) electrons. The highest BCUT2D eigenvalue weighted by molar-refractivity contribution is 5.79. The van der Waals surface area contributed by atoms with Crippen molar-refractivity contribution in [2.24, 2.45) is 5.73 Å². The lowest BCUT2D eigenvalue weighted by Gasteiger charge is -2.22. The van der Waals surface area contributed by atoms with Crippen LogP contribution in [0.3, 0.4) is 0 Å². The topological polar surface area (TPSA) is 80.0 Å². The van der Waals surface area contributed by atoms with Gasteiger partial charge in [0.05, 0.1) is 27.4 Å². The lowest BCUT2D eigenvalue weighted by atomic mass is 10.0. The maximum absolute atomic E-state index is 11.7. The maximum atomic E-state index is 11.7. The monoisotopic (exact) mass is 297 g/mol. The molecule has 0 fully saturated rings. The molecule has 6 heteroatoms. The first-order valence-electron chi connectivity index (χ1n) is 6.75. The summed E-state index contributed by atoms with van der Waals surface area (Å²) in [6.07, 6.45) is 0.339. The van der Waals surface area contributed by atoms with E-state index in [-0.39, 0.29) is 6.61 Å². The van der Waals surface area contributed by atoms with E-state index < -0.39 is 11.5 Å². The van der Waals surface area contributed by atoms with E-state index in [0.29, 0.717) is 30.3 Å². The zero-order chi connectivity index (χ0) is 15.9. The molecule has 1 aromatic rings. The summed E-state index contributed by atoms with van der Waals surface area (Å²) >= 11 is 0. The number of methoxy groups -OCH3 is 2. The van der Waals surface area contributed by atoms with E-state index >= 15 is 0 Å². The molecule has 1 rings (SSSR count). The normalized spacial score (nSPS) is 13.2. The summed E-state index contributed by atoms with van der Waals surface area (Å²) in [6, 6.07) is 5.22. The molecule has 0 saturated heterocycles. The van der Waals surface area contributed by atoms with Crippen molar-refractivity contribution < 1.29 is 23.7 Å². The van der Waals surface area contributed by atoms with Crippen LogP contribution in [0.15, 0.2) is 18.2 Å². The smallest absolute Gasteiger partial charge is 0.325 e. The van der Waals surface area contributed by atoms with E-state index in [9.17, 15) is 4.79 Å². The number of hydrogen-bond donors (Lipinski definition) is 1. The second-order valence-corrected chi connectivity index (χ2v) is 4.78. The SMILES string of the molecule is CCOC(=O)C(C)(N)CCOc1cc(OC)cc(OC)c1. The molecule has 1 unspecified atom stereocenters. The molecular weight excluding hydrogens is 274 g/mol. The first kappa shape index (κ1) is 17.1. The number of carbonyl (C=O) groups excluding carboxylic acids is 1. The summed E-state index contributed by atoms with van der Waals surface area (Å²) in [5.41, 5.74) is 4.85. The average Bonchev–Trinajstić information content (AvgIpc) is 2.46. The Bertz CT molecular complexity index is 451. The minimum Gasteiger partial charge on any atom is -0.496 e. The summed E-state index contributed by atoms with van der Waals surface area (Å²) in [5, 5.41) is 0. The summed E-state index contributed by atoms with van der Waals surface area (Å²) in [5.74, 6) is 1.41. The minimum atomic E-state index is -1.07. The second-order valence-electron chi connectivity index (χ2n) is 4.78. The van der Waals surface area contributed by atoms with E-state index in [1.165, 1.54) is 0 Å². The number of hydrogen-bond acceptors (Lipinski definition) is 6. The highest BCUT2D eigenvalue weighted by Gasteiger charge is 2.29. The van der Waals surface area contributed by atoms with Crippen LogP contribution in [0.5, 0.6) is 17.2 Å². The average molecular weight is 297 g/mol. The molecule has 1 aromatic carbocycles. The van der Waals surface area contributed by atoms with E-state index in [1.807, 2.05) is 0 Å². The van der Waals surface area contributed by atoms with Crippen LogP contribution in [0.1, 0.15) is 20.3 Å². The van der Waals surface area contributed by atoms with Gasteiger partial charge in [-0.05, 0) is 13.8 Å². The molecule has 0 spiro atoms. The van der Waals surface area contributed by atoms with Gasteiger partial charge in [0.2, 0.25) is 0 Å². The Kier molecular flexibility index (Phi) is 6.30. The van der Waals surface area contributed by atoms with Gasteiger partial charge in [-0.15, -0.1) is 0 Å². The van der Waals surface area contributed by atoms with E-state index in [0.717, 1.165) is 0 Å². The summed E-state index contributed by atoms with van der Waals surface area (Å²) in [4.78, 5) is 11.7. The van der Waals surface area contributed by atoms with Gasteiger partial charge in [-0.25, -0.2) is 0 Å². The molecule has 21 heavy (non-hydrogen) atoms. The molecule has 0 aromatic heterocycles. The van der Waals surface area contributed by atoms with Crippen LogP contribution < -0.4 is 19.9 Å². The van der Waals surface area contributed by atoms with Gasteiger partial charge in [0.25, 0.3) is 0 Å². The Hall–Kier alpha value is -1.95. The lowest BCUT2D eigenvalue weighted by molar-refractivity contribution is -0.149. The van der Waals surface area contributed by atoms with E-state index in [1.54, 1.807) is 46.3 Å². The third-order valence-corrected chi connectivity index (χ3v) is 2.96. The molecule has 0 aliphatic carbocycles. The van der Waals surface area contributed by atoms with Crippen LogP contribution in [0.25, 0.3) is 0 Å². The Labute approximate surface area is 125 Å². The predicted octanol–water partition coefficient (Wildman–Crippen LogP) is 1.75. The number of nitrogens with two attached hydrogens (primary N) is 1. The molecule has 0 aliphatic rings. The standard InChI is InChI=1S/C15H23NO5/c1-5-20-14(17)15(2,16)6-7-21-13-9-11(18-3)8-12(10-13)19-4/h8-10H,5-7,16H2,1-4H3. The minimum absolute atomic E-state index is 0.280. The van der Waals surface area contributed by atoms with Crippen LogP contribution in [0, 0.1) is 0 Å². The Morgan fingerprint density at radius 1 is 1.14 bits per heavy atom. The molecule has 0 saturated carbocycles. The molecule has 0 aliphatic heterocycles. The van der Waals surface area contributed by atoms with Gasteiger partial charge in [0, 0.05) is 24.6 Å². The van der Waals surface area contributed by atoms with Crippen molar-refractivity contribution in [1.82, 2.24) is 0 Å². The molecule has 1 atom stereocenters. The molecular formula is C15H23NO5. The van der Waals surface area contributed by atoms with Crippen LogP contribution in [-0.4, -0.2) is 38.9 Å². The summed E-state index contributed by atoms with van der Waals surface area (Å²) < 4.78 is 20.8. The Morgan fingerprint density at radius 2 is 1.67 bits per heavy atom. The number of rotatable bonds is 8. The predicted molar refractivity (Wildman–Crippen MR) is 78.9 cm³/mol. The Balaban J connectivity index is 2.61. The third kappa shape index (κ3) is 5.15. The first-order chi connectivity index (χ1) is 9.92. The molecule has 0 heterocycles. The van der Waals surface area contributed by atoms with Gasteiger partial charge in [0.15, 0.2) is 0 Å². The maximum Gasteiger partial charge on any atom is 0.325 e. The van der Waals surface area contributed by atoms with Crippen LogP contribution in [-0.2, 0) is 9.53 Å². The van der Waals surface area contributed by atoms with Crippen molar-refractivity contribution in [1.29, 1.82) is 0 Å². The van der Waals surface area contributed by atoms with Crippen molar-refractivity contribution in [3.05, 3.63) is 18.2 Å². The quantitative estimate of drug-likeness (QED) is 0.736. The van der Waals surface area contributed by atoms with Crippen LogP contribution in [0.2, 0.25) is 0 Å². The molecule has 6 nitrogen and oxygen atoms in total. The molecule has 0 bridgehead atoms. The molecule has 0 amide bonds. The van der Waals surface area contributed by atoms with Gasteiger partial charge in [-0.2, -0.15) is 0 Å². The Morgan fingerprint density at radius 3 is 2.14 bits per heavy atom. The van der Waals surface area contributed by atoms with Gasteiger partial charge in [0.1, 0.15) is 22.8 Å². The largest absolute Gasteiger partial charge is 0.496 e. The second kappa shape index (κ2) is 7.73. The van der Waals surface area contributed by atoms with E-state index in [4.69, 9.17) is 24.7 Å². The van der Waals surface area contributed by atoms with Crippen molar-refractivity contribution in [3.63, 3.8) is 0 Å². The fraction of sp³-hybridized carbons (Fsp3) is 0.533. The van der Waals surface area contributed by atoms with Gasteiger partial charge in [-0.3, -0.25) is 4.79 Å². The van der Waals surface area contributed by atoms with Crippen LogP contribution >= 0.6 is 0 Å². The number of esters is 1. The first-order valence-corrected chi connectivity index (χ1v) is 6.75. The number of ether oxygens (including phenoxy) is 4. The van der Waals surface area contributed by atoms with Crippen molar-refractivity contribution >= 4 is 5.97 Å². The summed E-state index contributed by atoms with van der Waals surface area (Å²) in [7, 11) is 3.13. The highest BCUT2D eigenvalue weighted by Crippen LogP contribution is 2.27. The van der Waals surface area contributed by atoms with Gasteiger partial charge < -0.3 is 24.7 Å². The highest BCUT2D eigenvalue weighted by atomic mass is 16.5. The van der Waals surface area contributed by atoms with Gasteiger partial charge in [-0.1, -0.05) is 0 Å². The number of benzene rings is 1. The fourth-order valence-electron chi connectivity index (χ4n) is 1.64. The number of carbonyl (C=O) groups is 1. The molecule has 118 valence electrons. The van der Waals surface area contributed by atoms with Crippen LogP contribution in [0.4, 0.5) is 0 Å². The zero-order valence-corrected chi connectivity index (χ0v) is 13.0. The van der Waals surface area contributed by atoms with E-state index in [2.05, 4.69) is 0 Å². The van der Waals surface area contributed by atoms with Crippen molar-refractivity contribution in [2.75, 3.05) is 27.4 Å². The lowest BCUT2D eigenvalue weighted by Crippen LogP contribution is -2.47. The van der Waals surface area contributed by atoms with Gasteiger partial charge >= 0.3 is 5.97 Å².